The number of benzene rings is 1. The summed E-state index contributed by atoms with van der Waals surface area (Å²) >= 11 is 0. The number of ether oxygens (including phenoxy) is 2. The van der Waals surface area contributed by atoms with Crippen LogP contribution >= 0.6 is 0 Å². The highest BCUT2D eigenvalue weighted by Crippen LogP contribution is 2.34. The molecule has 0 spiro atoms. The Kier molecular flexibility index (Phi) is 3.33. The number of aromatic nitrogens is 3. The first-order valence-electron chi connectivity index (χ1n) is 7.57. The van der Waals surface area contributed by atoms with Gasteiger partial charge in [0.15, 0.2) is 11.5 Å². The quantitative estimate of drug-likeness (QED) is 0.800. The third kappa shape index (κ3) is 2.58. The van der Waals surface area contributed by atoms with Crippen LogP contribution in [-0.2, 0) is 11.3 Å². The highest BCUT2D eigenvalue weighted by Gasteiger charge is 2.17. The summed E-state index contributed by atoms with van der Waals surface area (Å²) in [6, 6.07) is 3.33. The molecule has 2 aliphatic rings. The minimum absolute atomic E-state index is 0.153. The van der Waals surface area contributed by atoms with Crippen molar-refractivity contribution in [2.24, 2.45) is 0 Å². The molecule has 1 aromatic carbocycles. The number of Topliss-reactive ketones (excluding diaryl/α,β-unsaturated/α-hetero) is 1. The van der Waals surface area contributed by atoms with E-state index in [-0.39, 0.29) is 18.1 Å². The maximum absolute atomic E-state index is 12.5. The molecule has 0 bridgehead atoms. The molecule has 2 aromatic rings. The van der Waals surface area contributed by atoms with Crippen LogP contribution in [0.3, 0.4) is 0 Å². The van der Waals surface area contributed by atoms with Crippen molar-refractivity contribution in [1.29, 1.82) is 0 Å². The second-order valence-electron chi connectivity index (χ2n) is 5.70. The minimum atomic E-state index is -0.194. The lowest BCUT2D eigenvalue weighted by Crippen LogP contribution is -2.24. The van der Waals surface area contributed by atoms with Gasteiger partial charge in [0.25, 0.3) is 5.56 Å². The smallest absolute Gasteiger partial charge is 0.277 e. The zero-order valence-electron chi connectivity index (χ0n) is 12.4. The lowest BCUT2D eigenvalue weighted by Gasteiger charge is -2.12. The number of allylic oxidation sites excluding steroid dienone is 2. The van der Waals surface area contributed by atoms with Crippen LogP contribution in [-0.4, -0.2) is 27.6 Å². The first kappa shape index (κ1) is 13.9. The van der Waals surface area contributed by atoms with E-state index in [1.54, 1.807) is 12.1 Å². The molecular weight excluding hydrogens is 298 g/mol. The van der Waals surface area contributed by atoms with E-state index in [4.69, 9.17) is 9.47 Å². The standard InChI is InChI=1S/C16H15N3O4/c20-11-3-1-10(2-4-11)5-6-19-16(21)12-7-14-15(23-9-22-14)8-13(12)17-18-19/h1,7-8H,2-6,9H2. The van der Waals surface area contributed by atoms with Gasteiger partial charge in [0.1, 0.15) is 11.3 Å². The summed E-state index contributed by atoms with van der Waals surface area (Å²) in [6.07, 6.45) is 4.53. The van der Waals surface area contributed by atoms with Gasteiger partial charge in [0.2, 0.25) is 6.79 Å². The Morgan fingerprint density at radius 1 is 1.13 bits per heavy atom. The molecule has 1 aliphatic heterocycles. The Bertz CT molecular complexity index is 885. The van der Waals surface area contributed by atoms with Gasteiger partial charge >= 0.3 is 0 Å². The van der Waals surface area contributed by atoms with Crippen LogP contribution in [0.4, 0.5) is 0 Å². The number of ketones is 1. The van der Waals surface area contributed by atoms with Gasteiger partial charge in [-0.15, -0.1) is 5.10 Å². The fourth-order valence-corrected chi connectivity index (χ4v) is 2.85. The highest BCUT2D eigenvalue weighted by atomic mass is 16.7. The molecule has 0 radical (unpaired) electrons. The molecule has 0 N–H and O–H groups in total. The molecule has 0 fully saturated rings. The largest absolute Gasteiger partial charge is 0.454 e. The van der Waals surface area contributed by atoms with Crippen molar-refractivity contribution in [2.45, 2.75) is 32.2 Å². The molecule has 1 aromatic heterocycles. The molecular formula is C16H15N3O4. The van der Waals surface area contributed by atoms with Crippen LogP contribution < -0.4 is 15.0 Å². The summed E-state index contributed by atoms with van der Waals surface area (Å²) < 4.78 is 11.9. The van der Waals surface area contributed by atoms with E-state index < -0.39 is 0 Å². The van der Waals surface area contributed by atoms with Crippen molar-refractivity contribution in [2.75, 3.05) is 6.79 Å². The van der Waals surface area contributed by atoms with E-state index in [0.717, 1.165) is 6.42 Å². The van der Waals surface area contributed by atoms with Crippen molar-refractivity contribution in [3.8, 4) is 11.5 Å². The Hall–Kier alpha value is -2.70. The average Bonchev–Trinajstić information content (AvgIpc) is 3.02. The molecule has 2 heterocycles. The maximum Gasteiger partial charge on any atom is 0.277 e. The van der Waals surface area contributed by atoms with Gasteiger partial charge in [-0.2, -0.15) is 0 Å². The van der Waals surface area contributed by atoms with Gasteiger partial charge in [-0.05, 0) is 18.9 Å². The Labute approximate surface area is 131 Å². The van der Waals surface area contributed by atoms with Gasteiger partial charge in [-0.25, -0.2) is 4.68 Å². The molecule has 7 heteroatoms. The summed E-state index contributed by atoms with van der Waals surface area (Å²) in [5.74, 6) is 1.41. The normalized spacial score (nSPS) is 16.7. The van der Waals surface area contributed by atoms with Crippen LogP contribution in [0.15, 0.2) is 28.6 Å². The summed E-state index contributed by atoms with van der Waals surface area (Å²) in [6.45, 7) is 0.608. The van der Waals surface area contributed by atoms with E-state index in [0.29, 0.717) is 48.2 Å². The molecule has 0 amide bonds. The second-order valence-corrected chi connectivity index (χ2v) is 5.70. The van der Waals surface area contributed by atoms with E-state index in [1.807, 2.05) is 6.08 Å². The van der Waals surface area contributed by atoms with Gasteiger partial charge in [0, 0.05) is 18.9 Å². The second kappa shape index (κ2) is 5.49. The third-order valence-electron chi connectivity index (χ3n) is 4.20. The van der Waals surface area contributed by atoms with Gasteiger partial charge in [-0.3, -0.25) is 9.59 Å². The number of hydrogen-bond acceptors (Lipinski definition) is 6. The molecule has 0 unspecified atom stereocenters. The topological polar surface area (TPSA) is 83.3 Å². The van der Waals surface area contributed by atoms with Crippen LogP contribution in [0.5, 0.6) is 11.5 Å². The summed E-state index contributed by atoms with van der Waals surface area (Å²) in [5.41, 5.74) is 1.50. The van der Waals surface area contributed by atoms with Crippen molar-refractivity contribution < 1.29 is 14.3 Å². The van der Waals surface area contributed by atoms with Gasteiger partial charge < -0.3 is 9.47 Å². The fourth-order valence-electron chi connectivity index (χ4n) is 2.85. The summed E-state index contributed by atoms with van der Waals surface area (Å²) in [5, 5.41) is 8.56. The molecule has 1 aliphatic carbocycles. The van der Waals surface area contributed by atoms with E-state index >= 15 is 0 Å². The van der Waals surface area contributed by atoms with Gasteiger partial charge in [0.05, 0.1) is 11.9 Å². The maximum atomic E-state index is 12.5. The number of carbonyl (C=O) groups excluding carboxylic acids is 1. The van der Waals surface area contributed by atoms with Crippen LogP contribution in [0, 0.1) is 0 Å². The molecule has 0 saturated carbocycles. The average molecular weight is 313 g/mol. The number of hydrogen-bond donors (Lipinski definition) is 0. The summed E-state index contributed by atoms with van der Waals surface area (Å²) in [4.78, 5) is 23.8. The lowest BCUT2D eigenvalue weighted by atomic mass is 9.96. The molecule has 0 saturated heterocycles. The van der Waals surface area contributed by atoms with Crippen molar-refractivity contribution in [3.05, 3.63) is 34.1 Å². The Morgan fingerprint density at radius 3 is 2.74 bits per heavy atom. The molecule has 4 rings (SSSR count). The van der Waals surface area contributed by atoms with Crippen LogP contribution in [0.2, 0.25) is 0 Å². The predicted octanol–water partition coefficient (Wildman–Crippen LogP) is 1.59. The highest BCUT2D eigenvalue weighted by molar-refractivity contribution is 5.82. The van der Waals surface area contributed by atoms with E-state index in [2.05, 4.69) is 10.3 Å². The monoisotopic (exact) mass is 313 g/mol. The number of rotatable bonds is 3. The van der Waals surface area contributed by atoms with Crippen molar-refractivity contribution in [1.82, 2.24) is 15.0 Å². The Balaban J connectivity index is 1.61. The third-order valence-corrected chi connectivity index (χ3v) is 4.20. The van der Waals surface area contributed by atoms with E-state index in [1.165, 1.54) is 10.3 Å². The Morgan fingerprint density at radius 2 is 1.96 bits per heavy atom. The number of carbonyl (C=O) groups is 1. The zero-order chi connectivity index (χ0) is 15.8. The van der Waals surface area contributed by atoms with Gasteiger partial charge in [-0.1, -0.05) is 16.9 Å². The molecule has 7 nitrogen and oxygen atoms in total. The van der Waals surface area contributed by atoms with Crippen LogP contribution in [0.1, 0.15) is 25.7 Å². The number of aryl methyl sites for hydroxylation is 1. The van der Waals surface area contributed by atoms with E-state index in [9.17, 15) is 9.59 Å². The number of fused-ring (bicyclic) bond motifs is 2. The molecule has 0 atom stereocenters. The zero-order valence-corrected chi connectivity index (χ0v) is 12.4. The summed E-state index contributed by atoms with van der Waals surface area (Å²) in [7, 11) is 0. The molecule has 23 heavy (non-hydrogen) atoms. The fraction of sp³-hybridized carbons (Fsp3) is 0.375. The predicted molar refractivity (Wildman–Crippen MR) is 81.5 cm³/mol. The molecule has 118 valence electrons. The number of nitrogens with zero attached hydrogens (tertiary/aromatic N) is 3. The minimum Gasteiger partial charge on any atom is -0.454 e. The van der Waals surface area contributed by atoms with Crippen molar-refractivity contribution >= 4 is 16.7 Å². The van der Waals surface area contributed by atoms with Crippen LogP contribution in [0.25, 0.3) is 10.9 Å². The first-order valence-corrected chi connectivity index (χ1v) is 7.57. The lowest BCUT2D eigenvalue weighted by molar-refractivity contribution is -0.118. The first-order chi connectivity index (χ1) is 11.2. The van der Waals surface area contributed by atoms with Crippen molar-refractivity contribution in [3.63, 3.8) is 0 Å². The SMILES string of the molecule is O=C1CC=C(CCn2nnc3cc4c(cc3c2=O)OCO4)CC1.